The van der Waals surface area contributed by atoms with Gasteiger partial charge in [-0.3, -0.25) is 4.79 Å². The molecule has 0 radical (unpaired) electrons. The molecule has 9 heteroatoms. The van der Waals surface area contributed by atoms with Crippen LogP contribution in [0.3, 0.4) is 0 Å². The molecule has 0 fully saturated rings. The fraction of sp³-hybridized carbons (Fsp3) is 0.211. The van der Waals surface area contributed by atoms with Gasteiger partial charge < -0.3 is 4.90 Å². The Kier molecular flexibility index (Phi) is 5.29. The minimum Gasteiger partial charge on any atom is -0.300 e. The van der Waals surface area contributed by atoms with Gasteiger partial charge in [-0.15, -0.1) is 0 Å². The van der Waals surface area contributed by atoms with E-state index >= 15 is 0 Å². The summed E-state index contributed by atoms with van der Waals surface area (Å²) < 4.78 is 62.8. The lowest BCUT2D eigenvalue weighted by molar-refractivity contribution is -0.137. The summed E-state index contributed by atoms with van der Waals surface area (Å²) in [6.07, 6.45) is -3.26. The lowest BCUT2D eigenvalue weighted by Gasteiger charge is -2.28. The number of benzene rings is 2. The summed E-state index contributed by atoms with van der Waals surface area (Å²) in [5.41, 5.74) is -0.129. The predicted molar refractivity (Wildman–Crippen MR) is 101 cm³/mol. The van der Waals surface area contributed by atoms with Crippen LogP contribution in [0.15, 0.2) is 53.9 Å². The largest absolute Gasteiger partial charge is 0.416 e. The van der Waals surface area contributed by atoms with Crippen LogP contribution in [-0.4, -0.2) is 26.1 Å². The molecule has 0 bridgehead atoms. The number of rotatable bonds is 3. The highest BCUT2D eigenvalue weighted by Crippen LogP contribution is 2.32. The zero-order valence-corrected chi connectivity index (χ0v) is 16.1. The normalized spacial score (nSPS) is 18.2. The first kappa shape index (κ1) is 20.4. The van der Waals surface area contributed by atoms with Crippen LogP contribution in [0.1, 0.15) is 21.5 Å². The Balaban J connectivity index is 2.08. The summed E-state index contributed by atoms with van der Waals surface area (Å²) in [5.74, 6) is -1.11. The van der Waals surface area contributed by atoms with Crippen LogP contribution in [0, 0.1) is 6.92 Å². The average Bonchev–Trinajstić information content (AvgIpc) is 2.97. The van der Waals surface area contributed by atoms with Gasteiger partial charge in [0.05, 0.1) is 17.4 Å². The van der Waals surface area contributed by atoms with Crippen LogP contribution < -0.4 is 4.90 Å². The number of carbonyl (C=O) groups is 1. The van der Waals surface area contributed by atoms with E-state index in [0.29, 0.717) is 10.7 Å². The molecule has 1 atom stereocenters. The molecular weight excluding hydrogens is 415 g/mol. The maximum Gasteiger partial charge on any atom is 0.416 e. The van der Waals surface area contributed by atoms with Gasteiger partial charge >= 0.3 is 6.18 Å². The van der Waals surface area contributed by atoms with Gasteiger partial charge in [-0.05, 0) is 48.9 Å². The molecule has 1 aliphatic heterocycles. The molecule has 0 N–H and O–H groups in total. The Hall–Kier alpha value is -2.32. The van der Waals surface area contributed by atoms with Gasteiger partial charge in [0.15, 0.2) is 9.84 Å². The SMILES string of the molecule is Cc1ccc(N(C(=O)c2cccc(C(F)(F)F)c2)[C@H]2C=CS(=O)(=O)C2)cc1Cl. The Morgan fingerprint density at radius 2 is 1.89 bits per heavy atom. The first-order valence-corrected chi connectivity index (χ1v) is 10.3. The number of hydrogen-bond donors (Lipinski definition) is 0. The fourth-order valence-electron chi connectivity index (χ4n) is 2.88. The molecule has 148 valence electrons. The molecule has 1 amide bonds. The highest BCUT2D eigenvalue weighted by molar-refractivity contribution is 7.94. The van der Waals surface area contributed by atoms with Crippen molar-refractivity contribution in [2.24, 2.45) is 0 Å². The Morgan fingerprint density at radius 1 is 1.18 bits per heavy atom. The monoisotopic (exact) mass is 429 g/mol. The summed E-state index contributed by atoms with van der Waals surface area (Å²) in [4.78, 5) is 14.3. The number of carbonyl (C=O) groups excluding carboxylic acids is 1. The molecule has 0 saturated heterocycles. The van der Waals surface area contributed by atoms with Gasteiger partial charge in [0, 0.05) is 21.7 Å². The van der Waals surface area contributed by atoms with Crippen LogP contribution in [0.4, 0.5) is 18.9 Å². The first-order valence-electron chi connectivity index (χ1n) is 8.16. The minimum absolute atomic E-state index is 0.204. The van der Waals surface area contributed by atoms with E-state index in [1.54, 1.807) is 19.1 Å². The summed E-state index contributed by atoms with van der Waals surface area (Å²) in [6, 6.07) is 7.86. The summed E-state index contributed by atoms with van der Waals surface area (Å²) in [7, 11) is -3.50. The molecule has 1 heterocycles. The molecule has 0 unspecified atom stereocenters. The van der Waals surface area contributed by atoms with E-state index in [2.05, 4.69) is 0 Å². The van der Waals surface area contributed by atoms with Crippen LogP contribution in [-0.2, 0) is 16.0 Å². The lowest BCUT2D eigenvalue weighted by Crippen LogP contribution is -2.41. The summed E-state index contributed by atoms with van der Waals surface area (Å²) in [6.45, 7) is 1.75. The average molecular weight is 430 g/mol. The van der Waals surface area contributed by atoms with Gasteiger partial charge in [-0.25, -0.2) is 8.42 Å². The number of alkyl halides is 3. The molecule has 4 nitrogen and oxygen atoms in total. The standard InChI is InChI=1S/C19H15ClF3NO3S/c1-12-5-6-15(10-17(12)20)24(16-7-8-28(26,27)11-16)18(25)13-3-2-4-14(9-13)19(21,22)23/h2-10,16H,11H2,1H3/t16-/m0/s1. The number of amides is 1. The molecule has 28 heavy (non-hydrogen) atoms. The Bertz CT molecular complexity index is 1060. The van der Waals surface area contributed by atoms with E-state index < -0.39 is 33.5 Å². The van der Waals surface area contributed by atoms with Crippen molar-refractivity contribution in [3.8, 4) is 0 Å². The fourth-order valence-corrected chi connectivity index (χ4v) is 4.32. The van der Waals surface area contributed by atoms with E-state index in [9.17, 15) is 26.4 Å². The first-order chi connectivity index (χ1) is 13.0. The van der Waals surface area contributed by atoms with Crippen molar-refractivity contribution in [1.82, 2.24) is 0 Å². The number of halogens is 4. The zero-order chi connectivity index (χ0) is 20.7. The number of aryl methyl sites for hydroxylation is 1. The zero-order valence-electron chi connectivity index (χ0n) is 14.6. The summed E-state index contributed by atoms with van der Waals surface area (Å²) in [5, 5.41) is 1.35. The van der Waals surface area contributed by atoms with E-state index in [1.807, 2.05) is 0 Å². The van der Waals surface area contributed by atoms with Gasteiger partial charge in [0.25, 0.3) is 5.91 Å². The smallest absolute Gasteiger partial charge is 0.300 e. The van der Waals surface area contributed by atoms with Crippen molar-refractivity contribution in [2.75, 3.05) is 10.7 Å². The molecule has 3 rings (SSSR count). The van der Waals surface area contributed by atoms with Crippen molar-refractivity contribution in [2.45, 2.75) is 19.1 Å². The Labute approximate surface area is 165 Å². The molecule has 1 aliphatic rings. The third-order valence-corrected chi connectivity index (χ3v) is 6.12. The predicted octanol–water partition coefficient (Wildman–Crippen LogP) is 4.62. The topological polar surface area (TPSA) is 54.5 Å². The van der Waals surface area contributed by atoms with Crippen molar-refractivity contribution in [1.29, 1.82) is 0 Å². The van der Waals surface area contributed by atoms with E-state index in [1.165, 1.54) is 18.2 Å². The highest BCUT2D eigenvalue weighted by atomic mass is 35.5. The maximum absolute atomic E-state index is 13.1. The Morgan fingerprint density at radius 3 is 2.46 bits per heavy atom. The molecule has 0 spiro atoms. The quantitative estimate of drug-likeness (QED) is 0.715. The number of hydrogen-bond acceptors (Lipinski definition) is 3. The highest BCUT2D eigenvalue weighted by Gasteiger charge is 2.34. The maximum atomic E-state index is 13.1. The van der Waals surface area contributed by atoms with Crippen molar-refractivity contribution < 1.29 is 26.4 Å². The van der Waals surface area contributed by atoms with E-state index in [4.69, 9.17) is 11.6 Å². The van der Waals surface area contributed by atoms with Gasteiger partial charge in [0.1, 0.15) is 0 Å². The van der Waals surface area contributed by atoms with E-state index in [0.717, 1.165) is 34.1 Å². The van der Waals surface area contributed by atoms with Crippen molar-refractivity contribution in [3.63, 3.8) is 0 Å². The molecule has 2 aromatic rings. The number of sulfone groups is 1. The molecule has 2 aromatic carbocycles. The van der Waals surface area contributed by atoms with Gasteiger partial charge in [0.2, 0.25) is 0 Å². The minimum atomic E-state index is -4.61. The third-order valence-electron chi connectivity index (χ3n) is 4.33. The lowest BCUT2D eigenvalue weighted by atomic mass is 10.1. The summed E-state index contributed by atoms with van der Waals surface area (Å²) >= 11 is 6.13. The van der Waals surface area contributed by atoms with Crippen LogP contribution in [0.2, 0.25) is 5.02 Å². The van der Waals surface area contributed by atoms with Crippen molar-refractivity contribution in [3.05, 3.63) is 75.7 Å². The second-order valence-electron chi connectivity index (χ2n) is 6.41. The second kappa shape index (κ2) is 7.25. The number of nitrogens with zero attached hydrogens (tertiary/aromatic N) is 1. The van der Waals surface area contributed by atoms with Crippen LogP contribution in [0.25, 0.3) is 0 Å². The third kappa shape index (κ3) is 4.23. The second-order valence-corrected chi connectivity index (χ2v) is 8.75. The molecule has 0 saturated carbocycles. The van der Waals surface area contributed by atoms with Gasteiger partial charge in [-0.1, -0.05) is 23.7 Å². The van der Waals surface area contributed by atoms with Gasteiger partial charge in [-0.2, -0.15) is 13.2 Å². The number of anilines is 1. The van der Waals surface area contributed by atoms with Crippen LogP contribution in [0.5, 0.6) is 0 Å². The molecule has 0 aromatic heterocycles. The van der Waals surface area contributed by atoms with Crippen LogP contribution >= 0.6 is 11.6 Å². The van der Waals surface area contributed by atoms with Crippen molar-refractivity contribution >= 4 is 33.0 Å². The molecular formula is C19H15ClF3NO3S. The van der Waals surface area contributed by atoms with E-state index in [-0.39, 0.29) is 11.3 Å². The molecule has 0 aliphatic carbocycles.